The topological polar surface area (TPSA) is 85.4 Å². The minimum atomic E-state index is -0.547. The molecule has 1 atom stereocenters. The number of carbonyl (C=O) groups excluding carboxylic acids is 1. The van der Waals surface area contributed by atoms with Crippen molar-refractivity contribution in [3.05, 3.63) is 47.5 Å². The van der Waals surface area contributed by atoms with Gasteiger partial charge in [0.15, 0.2) is 17.3 Å². The lowest BCUT2D eigenvalue weighted by molar-refractivity contribution is -0.129. The van der Waals surface area contributed by atoms with Gasteiger partial charge in [-0.05, 0) is 62.6 Å². The third-order valence-electron chi connectivity index (χ3n) is 7.03. The molecule has 7 nitrogen and oxygen atoms in total. The maximum atomic E-state index is 14.5. The van der Waals surface area contributed by atoms with E-state index in [0.29, 0.717) is 34.1 Å². The van der Waals surface area contributed by atoms with Crippen LogP contribution in [0.5, 0.6) is 11.5 Å². The smallest absolute Gasteiger partial charge is 0.223 e. The number of halogens is 2. The van der Waals surface area contributed by atoms with Gasteiger partial charge < -0.3 is 20.1 Å². The molecule has 35 heavy (non-hydrogen) atoms. The number of rotatable bonds is 6. The van der Waals surface area contributed by atoms with Crippen molar-refractivity contribution in [2.24, 2.45) is 11.8 Å². The van der Waals surface area contributed by atoms with Crippen LogP contribution in [0, 0.1) is 17.7 Å². The van der Waals surface area contributed by atoms with E-state index in [2.05, 4.69) is 20.6 Å². The summed E-state index contributed by atoms with van der Waals surface area (Å²) in [5, 5.41) is 6.74. The molecule has 0 radical (unpaired) electrons. The molecule has 1 saturated carbocycles. The predicted octanol–water partition coefficient (Wildman–Crippen LogP) is 5.64. The van der Waals surface area contributed by atoms with E-state index in [9.17, 15) is 9.18 Å². The van der Waals surface area contributed by atoms with Crippen LogP contribution in [0.2, 0.25) is 5.02 Å². The van der Waals surface area contributed by atoms with Crippen LogP contribution < -0.4 is 20.1 Å². The summed E-state index contributed by atoms with van der Waals surface area (Å²) in [5.41, 5.74) is 0.863. The van der Waals surface area contributed by atoms with Crippen molar-refractivity contribution in [1.82, 2.24) is 15.3 Å². The number of hydrogen-bond acceptors (Lipinski definition) is 6. The summed E-state index contributed by atoms with van der Waals surface area (Å²) in [4.78, 5) is 20.9. The summed E-state index contributed by atoms with van der Waals surface area (Å²) in [6.45, 7) is 0.792. The summed E-state index contributed by atoms with van der Waals surface area (Å²) >= 11 is 5.93. The molecular weight excluding hydrogens is 471 g/mol. The van der Waals surface area contributed by atoms with Crippen LogP contribution in [0.1, 0.15) is 38.5 Å². The van der Waals surface area contributed by atoms with Crippen LogP contribution in [0.3, 0.4) is 0 Å². The number of amides is 1. The van der Waals surface area contributed by atoms with Crippen LogP contribution >= 0.6 is 11.6 Å². The molecule has 2 aliphatic rings. The number of aromatic nitrogens is 2. The van der Waals surface area contributed by atoms with E-state index >= 15 is 0 Å². The van der Waals surface area contributed by atoms with Crippen molar-refractivity contribution in [3.8, 4) is 11.5 Å². The van der Waals surface area contributed by atoms with E-state index in [0.717, 1.165) is 45.1 Å². The van der Waals surface area contributed by atoms with Gasteiger partial charge in [-0.25, -0.2) is 14.4 Å². The SMILES string of the molecule is COc1cc2ncnc(Nc3cccc(Cl)c3F)c2cc1OC1CCC([C@@H]2CCCNC2=O)CC1. The molecule has 0 spiro atoms. The Morgan fingerprint density at radius 1 is 1.11 bits per heavy atom. The maximum absolute atomic E-state index is 14.5. The second-order valence-corrected chi connectivity index (χ2v) is 9.57. The molecule has 1 aromatic heterocycles. The van der Waals surface area contributed by atoms with Crippen molar-refractivity contribution in [1.29, 1.82) is 0 Å². The number of methoxy groups -OCH3 is 1. The van der Waals surface area contributed by atoms with E-state index in [1.54, 1.807) is 25.3 Å². The third kappa shape index (κ3) is 4.98. The molecule has 184 valence electrons. The number of hydrogen-bond donors (Lipinski definition) is 2. The summed E-state index contributed by atoms with van der Waals surface area (Å²) < 4.78 is 26.5. The number of anilines is 2. The van der Waals surface area contributed by atoms with Gasteiger partial charge in [0, 0.05) is 23.9 Å². The lowest BCUT2D eigenvalue weighted by Crippen LogP contribution is -2.41. The van der Waals surface area contributed by atoms with Crippen LogP contribution in [-0.4, -0.2) is 35.6 Å². The molecule has 1 aliphatic carbocycles. The van der Waals surface area contributed by atoms with Gasteiger partial charge in [0.25, 0.3) is 0 Å². The Morgan fingerprint density at radius 2 is 1.94 bits per heavy atom. The Bertz CT molecular complexity index is 1230. The summed E-state index contributed by atoms with van der Waals surface area (Å²) in [6.07, 6.45) is 7.14. The third-order valence-corrected chi connectivity index (χ3v) is 7.33. The summed E-state index contributed by atoms with van der Waals surface area (Å²) in [6, 6.07) is 8.39. The van der Waals surface area contributed by atoms with Gasteiger partial charge in [-0.3, -0.25) is 4.79 Å². The lowest BCUT2D eigenvalue weighted by Gasteiger charge is -2.35. The molecule has 0 unspecified atom stereocenters. The average Bonchev–Trinajstić information content (AvgIpc) is 2.87. The maximum Gasteiger partial charge on any atom is 0.223 e. The van der Waals surface area contributed by atoms with Crippen LogP contribution in [0.15, 0.2) is 36.7 Å². The highest BCUT2D eigenvalue weighted by atomic mass is 35.5. The second kappa shape index (κ2) is 10.2. The first-order valence-corrected chi connectivity index (χ1v) is 12.4. The summed E-state index contributed by atoms with van der Waals surface area (Å²) in [5.74, 6) is 1.79. The van der Waals surface area contributed by atoms with Gasteiger partial charge in [-0.2, -0.15) is 0 Å². The lowest BCUT2D eigenvalue weighted by atomic mass is 9.76. The first-order chi connectivity index (χ1) is 17.0. The van der Waals surface area contributed by atoms with Gasteiger partial charge in [0.05, 0.1) is 29.4 Å². The number of benzene rings is 2. The number of nitrogens with one attached hydrogen (secondary N) is 2. The zero-order chi connectivity index (χ0) is 24.4. The van der Waals surface area contributed by atoms with Gasteiger partial charge in [0.1, 0.15) is 12.1 Å². The molecule has 1 aliphatic heterocycles. The molecule has 2 heterocycles. The number of nitrogens with zero attached hydrogens (tertiary/aromatic N) is 2. The number of piperidine rings is 1. The first-order valence-electron chi connectivity index (χ1n) is 12.0. The fourth-order valence-electron chi connectivity index (χ4n) is 5.18. The zero-order valence-electron chi connectivity index (χ0n) is 19.5. The molecular formula is C26H28ClFN4O3. The molecule has 5 rings (SSSR count). The Hall–Kier alpha value is -3.13. The molecule has 0 bridgehead atoms. The minimum Gasteiger partial charge on any atom is -0.493 e. The van der Waals surface area contributed by atoms with Crippen molar-refractivity contribution in [2.75, 3.05) is 19.0 Å². The number of fused-ring (bicyclic) bond motifs is 1. The van der Waals surface area contributed by atoms with Crippen LogP contribution in [0.4, 0.5) is 15.9 Å². The highest BCUT2D eigenvalue weighted by Gasteiger charge is 2.34. The molecule has 2 N–H and O–H groups in total. The van der Waals surface area contributed by atoms with Gasteiger partial charge in [-0.15, -0.1) is 0 Å². The minimum absolute atomic E-state index is 0.0238. The highest BCUT2D eigenvalue weighted by Crippen LogP contribution is 2.39. The molecule has 9 heteroatoms. The number of ether oxygens (including phenoxy) is 2. The molecule has 3 aromatic rings. The largest absolute Gasteiger partial charge is 0.493 e. The molecule has 2 aromatic carbocycles. The fraction of sp³-hybridized carbons (Fsp3) is 0.423. The predicted molar refractivity (Wildman–Crippen MR) is 133 cm³/mol. The first kappa shape index (κ1) is 23.6. The van der Waals surface area contributed by atoms with Gasteiger partial charge in [0.2, 0.25) is 5.91 Å². The van der Waals surface area contributed by atoms with E-state index in [1.165, 1.54) is 12.4 Å². The van der Waals surface area contributed by atoms with Crippen molar-refractivity contribution in [3.63, 3.8) is 0 Å². The zero-order valence-corrected chi connectivity index (χ0v) is 20.3. The average molecular weight is 499 g/mol. The quantitative estimate of drug-likeness (QED) is 0.457. The number of carbonyl (C=O) groups is 1. The van der Waals surface area contributed by atoms with Crippen molar-refractivity contribution < 1.29 is 18.7 Å². The van der Waals surface area contributed by atoms with Crippen LogP contribution in [0.25, 0.3) is 10.9 Å². The normalized spacial score (nSPS) is 22.5. The Balaban J connectivity index is 1.36. The highest BCUT2D eigenvalue weighted by molar-refractivity contribution is 6.31. The monoisotopic (exact) mass is 498 g/mol. The Labute approximate surface area is 208 Å². The summed E-state index contributed by atoms with van der Waals surface area (Å²) in [7, 11) is 1.59. The Morgan fingerprint density at radius 3 is 2.71 bits per heavy atom. The van der Waals surface area contributed by atoms with Crippen molar-refractivity contribution >= 4 is 39.9 Å². The standard InChI is InChI=1S/C26H28ClFN4O3/c1-34-22-13-21-18(25(31-14-30-21)32-20-6-2-5-19(27)24(20)28)12-23(22)35-16-9-7-15(8-10-16)17-4-3-11-29-26(17)33/h2,5-6,12-17H,3-4,7-11H2,1H3,(H,29,33)(H,30,31,32)/t15?,16?,17-/m0/s1. The van der Waals surface area contributed by atoms with Crippen molar-refractivity contribution in [2.45, 2.75) is 44.6 Å². The Kier molecular flexibility index (Phi) is 6.90. The van der Waals surface area contributed by atoms with Gasteiger partial charge in [-0.1, -0.05) is 17.7 Å². The van der Waals surface area contributed by atoms with E-state index in [-0.39, 0.29) is 28.6 Å². The van der Waals surface area contributed by atoms with E-state index < -0.39 is 5.82 Å². The van der Waals surface area contributed by atoms with E-state index in [1.807, 2.05) is 6.07 Å². The molecule has 2 fully saturated rings. The fourth-order valence-corrected chi connectivity index (χ4v) is 5.35. The van der Waals surface area contributed by atoms with E-state index in [4.69, 9.17) is 21.1 Å². The van der Waals surface area contributed by atoms with Crippen LogP contribution in [-0.2, 0) is 4.79 Å². The second-order valence-electron chi connectivity index (χ2n) is 9.16. The molecule has 1 saturated heterocycles. The molecule has 1 amide bonds. The van der Waals surface area contributed by atoms with Gasteiger partial charge >= 0.3 is 0 Å².